The number of nitrogens with zero attached hydrogens (tertiary/aromatic N) is 1. The van der Waals surface area contributed by atoms with Crippen molar-refractivity contribution >= 4 is 21.6 Å². The smallest absolute Gasteiger partial charge is 0.0351 e. The zero-order chi connectivity index (χ0) is 14.5. The van der Waals surface area contributed by atoms with Crippen molar-refractivity contribution in [2.24, 2.45) is 0 Å². The van der Waals surface area contributed by atoms with Gasteiger partial charge in [-0.2, -0.15) is 0 Å². The molecule has 0 bridgehead atoms. The van der Waals surface area contributed by atoms with Crippen LogP contribution in [-0.4, -0.2) is 31.1 Å². The van der Waals surface area contributed by atoms with Crippen LogP contribution < -0.4 is 5.32 Å². The van der Waals surface area contributed by atoms with E-state index in [-0.39, 0.29) is 0 Å². The van der Waals surface area contributed by atoms with Crippen molar-refractivity contribution in [3.63, 3.8) is 0 Å². The molecule has 110 valence electrons. The van der Waals surface area contributed by atoms with Crippen LogP contribution in [-0.2, 0) is 0 Å². The number of rotatable bonds is 5. The van der Waals surface area contributed by atoms with Crippen molar-refractivity contribution in [3.8, 4) is 0 Å². The molecule has 0 radical (unpaired) electrons. The fourth-order valence-corrected chi connectivity index (χ4v) is 3.39. The average molecular weight is 345 g/mol. The third kappa shape index (κ3) is 4.08. The first-order valence-corrected chi connectivity index (χ1v) is 8.37. The van der Waals surface area contributed by atoms with E-state index in [1.54, 1.807) is 0 Å². The first kappa shape index (κ1) is 14.6. The van der Waals surface area contributed by atoms with Crippen LogP contribution in [0.5, 0.6) is 0 Å². The Labute approximate surface area is 135 Å². The molecule has 1 saturated heterocycles. The Morgan fingerprint density at radius 2 is 1.95 bits per heavy atom. The topological polar surface area (TPSA) is 15.3 Å². The standard InChI is InChI=1S/C18H21BrN2/c19-17-7-4-8-18(13-17)20-10-12-21-11-9-16(14-21)15-5-2-1-3-6-15/h1-8,13,16,20H,9-12,14H2. The molecule has 2 aromatic carbocycles. The van der Waals surface area contributed by atoms with Crippen molar-refractivity contribution in [1.82, 2.24) is 4.90 Å². The quantitative estimate of drug-likeness (QED) is 0.867. The van der Waals surface area contributed by atoms with Gasteiger partial charge in [0, 0.05) is 29.8 Å². The van der Waals surface area contributed by atoms with Gasteiger partial charge in [0.1, 0.15) is 0 Å². The van der Waals surface area contributed by atoms with Gasteiger partial charge in [0.15, 0.2) is 0 Å². The minimum Gasteiger partial charge on any atom is -0.384 e. The Morgan fingerprint density at radius 3 is 2.76 bits per heavy atom. The number of hydrogen-bond donors (Lipinski definition) is 1. The van der Waals surface area contributed by atoms with Crippen molar-refractivity contribution < 1.29 is 0 Å². The Hall–Kier alpha value is -1.32. The molecule has 0 aliphatic carbocycles. The molecule has 1 heterocycles. The van der Waals surface area contributed by atoms with E-state index in [1.807, 2.05) is 0 Å². The summed E-state index contributed by atoms with van der Waals surface area (Å²) in [7, 11) is 0. The number of likely N-dealkylation sites (tertiary alicyclic amines) is 1. The molecular formula is C18H21BrN2. The van der Waals surface area contributed by atoms with Gasteiger partial charge in [-0.3, -0.25) is 0 Å². The summed E-state index contributed by atoms with van der Waals surface area (Å²) in [4.78, 5) is 2.56. The molecule has 2 aromatic rings. The van der Waals surface area contributed by atoms with Crippen LogP contribution in [0, 0.1) is 0 Å². The van der Waals surface area contributed by atoms with Gasteiger partial charge in [0.05, 0.1) is 0 Å². The lowest BCUT2D eigenvalue weighted by atomic mass is 9.99. The fraction of sp³-hybridized carbons (Fsp3) is 0.333. The lowest BCUT2D eigenvalue weighted by molar-refractivity contribution is 0.348. The largest absolute Gasteiger partial charge is 0.384 e. The monoisotopic (exact) mass is 344 g/mol. The molecule has 0 saturated carbocycles. The van der Waals surface area contributed by atoms with Crippen LogP contribution in [0.2, 0.25) is 0 Å². The Bertz CT molecular complexity index is 570. The van der Waals surface area contributed by atoms with Gasteiger partial charge in [-0.1, -0.05) is 52.3 Å². The molecule has 1 unspecified atom stereocenters. The summed E-state index contributed by atoms with van der Waals surface area (Å²) < 4.78 is 1.12. The van der Waals surface area contributed by atoms with E-state index in [2.05, 4.69) is 80.7 Å². The van der Waals surface area contributed by atoms with Gasteiger partial charge >= 0.3 is 0 Å². The highest BCUT2D eigenvalue weighted by Crippen LogP contribution is 2.26. The fourth-order valence-electron chi connectivity index (χ4n) is 2.99. The van der Waals surface area contributed by atoms with Crippen molar-refractivity contribution in [3.05, 3.63) is 64.6 Å². The normalized spacial score (nSPS) is 18.8. The van der Waals surface area contributed by atoms with Gasteiger partial charge in [-0.25, -0.2) is 0 Å². The van der Waals surface area contributed by atoms with Crippen LogP contribution >= 0.6 is 15.9 Å². The molecule has 3 rings (SSSR count). The second-order valence-electron chi connectivity index (χ2n) is 5.63. The highest BCUT2D eigenvalue weighted by molar-refractivity contribution is 9.10. The highest BCUT2D eigenvalue weighted by Gasteiger charge is 2.22. The van der Waals surface area contributed by atoms with Crippen molar-refractivity contribution in [2.45, 2.75) is 12.3 Å². The van der Waals surface area contributed by atoms with Crippen LogP contribution in [0.3, 0.4) is 0 Å². The number of anilines is 1. The van der Waals surface area contributed by atoms with Gasteiger partial charge in [0.2, 0.25) is 0 Å². The molecule has 1 fully saturated rings. The first-order chi connectivity index (χ1) is 10.3. The van der Waals surface area contributed by atoms with E-state index in [1.165, 1.54) is 30.8 Å². The van der Waals surface area contributed by atoms with E-state index in [0.717, 1.165) is 17.6 Å². The maximum atomic E-state index is 3.50. The Kier molecular flexibility index (Phi) is 4.94. The van der Waals surface area contributed by atoms with Crippen LogP contribution in [0.1, 0.15) is 17.9 Å². The second-order valence-corrected chi connectivity index (χ2v) is 6.55. The number of nitrogens with one attached hydrogen (secondary N) is 1. The molecule has 1 aliphatic rings. The predicted molar refractivity (Wildman–Crippen MR) is 92.9 cm³/mol. The highest BCUT2D eigenvalue weighted by atomic mass is 79.9. The molecule has 0 spiro atoms. The SMILES string of the molecule is Brc1cccc(NCCN2CCC(c3ccccc3)C2)c1. The van der Waals surface area contributed by atoms with E-state index in [0.29, 0.717) is 5.92 Å². The van der Waals surface area contributed by atoms with Gasteiger partial charge < -0.3 is 10.2 Å². The summed E-state index contributed by atoms with van der Waals surface area (Å²) in [6.45, 7) is 4.50. The lowest BCUT2D eigenvalue weighted by Gasteiger charge is -2.17. The van der Waals surface area contributed by atoms with E-state index in [9.17, 15) is 0 Å². The molecule has 2 nitrogen and oxygen atoms in total. The third-order valence-corrected chi connectivity index (χ3v) is 4.62. The molecule has 3 heteroatoms. The Balaban J connectivity index is 1.45. The van der Waals surface area contributed by atoms with Crippen LogP contribution in [0.25, 0.3) is 0 Å². The number of benzene rings is 2. The molecular weight excluding hydrogens is 324 g/mol. The zero-order valence-corrected chi connectivity index (χ0v) is 13.7. The van der Waals surface area contributed by atoms with Crippen molar-refractivity contribution in [2.75, 3.05) is 31.5 Å². The minimum absolute atomic E-state index is 0.706. The predicted octanol–water partition coefficient (Wildman–Crippen LogP) is 4.35. The summed E-state index contributed by atoms with van der Waals surface area (Å²) >= 11 is 3.50. The molecule has 1 aliphatic heterocycles. The molecule has 1 atom stereocenters. The minimum atomic E-state index is 0.706. The lowest BCUT2D eigenvalue weighted by Crippen LogP contribution is -2.26. The second kappa shape index (κ2) is 7.10. The summed E-state index contributed by atoms with van der Waals surface area (Å²) in [5.74, 6) is 0.706. The average Bonchev–Trinajstić information content (AvgIpc) is 2.97. The number of halogens is 1. The van der Waals surface area contributed by atoms with E-state index < -0.39 is 0 Å². The summed E-state index contributed by atoms with van der Waals surface area (Å²) in [6.07, 6.45) is 1.28. The van der Waals surface area contributed by atoms with Gasteiger partial charge in [0.25, 0.3) is 0 Å². The van der Waals surface area contributed by atoms with Crippen LogP contribution in [0.4, 0.5) is 5.69 Å². The Morgan fingerprint density at radius 1 is 1.10 bits per heavy atom. The molecule has 1 N–H and O–H groups in total. The maximum absolute atomic E-state index is 3.50. The van der Waals surface area contributed by atoms with Crippen molar-refractivity contribution in [1.29, 1.82) is 0 Å². The van der Waals surface area contributed by atoms with Gasteiger partial charge in [-0.15, -0.1) is 0 Å². The summed E-state index contributed by atoms with van der Waals surface area (Å²) in [5, 5.41) is 3.50. The first-order valence-electron chi connectivity index (χ1n) is 7.58. The maximum Gasteiger partial charge on any atom is 0.0351 e. The van der Waals surface area contributed by atoms with E-state index >= 15 is 0 Å². The third-order valence-electron chi connectivity index (χ3n) is 4.13. The van der Waals surface area contributed by atoms with Gasteiger partial charge in [-0.05, 0) is 42.6 Å². The molecule has 0 aromatic heterocycles. The summed E-state index contributed by atoms with van der Waals surface area (Å²) in [6, 6.07) is 19.3. The zero-order valence-electron chi connectivity index (χ0n) is 12.1. The molecule has 21 heavy (non-hydrogen) atoms. The summed E-state index contributed by atoms with van der Waals surface area (Å²) in [5.41, 5.74) is 2.67. The molecule has 0 amide bonds. The van der Waals surface area contributed by atoms with E-state index in [4.69, 9.17) is 0 Å². The number of hydrogen-bond acceptors (Lipinski definition) is 2. The van der Waals surface area contributed by atoms with Crippen LogP contribution in [0.15, 0.2) is 59.1 Å².